The van der Waals surface area contributed by atoms with Gasteiger partial charge in [-0.1, -0.05) is 42.5 Å². The lowest BCUT2D eigenvalue weighted by molar-refractivity contribution is -0.274. The molecule has 0 saturated carbocycles. The molecule has 38 heavy (non-hydrogen) atoms. The van der Waals surface area contributed by atoms with E-state index in [1.807, 2.05) is 18.2 Å². The van der Waals surface area contributed by atoms with Gasteiger partial charge >= 0.3 is 12.4 Å². The number of amides is 3. The van der Waals surface area contributed by atoms with Gasteiger partial charge in [0.15, 0.2) is 5.75 Å². The largest absolute Gasteiger partial charge is 0.573 e. The first-order chi connectivity index (χ1) is 18.2. The molecule has 0 spiro atoms. The minimum Gasteiger partial charge on any atom is -0.404 e. The van der Waals surface area contributed by atoms with Crippen molar-refractivity contribution in [2.75, 3.05) is 18.4 Å². The van der Waals surface area contributed by atoms with Crippen LogP contribution in [0.5, 0.6) is 5.75 Å². The van der Waals surface area contributed by atoms with Crippen molar-refractivity contribution in [1.82, 2.24) is 10.2 Å². The number of carbonyl (C=O) groups excluding carboxylic acids is 2. The molecular weight excluding hydrogens is 497 g/mol. The zero-order valence-electron chi connectivity index (χ0n) is 20.3. The fraction of sp³-hybridized carbons (Fsp3) is 0.250. The van der Waals surface area contributed by atoms with Crippen molar-refractivity contribution in [2.24, 2.45) is 0 Å². The molecule has 0 aliphatic carbocycles. The van der Waals surface area contributed by atoms with Crippen molar-refractivity contribution in [1.29, 1.82) is 5.26 Å². The summed E-state index contributed by atoms with van der Waals surface area (Å²) in [5, 5.41) is 13.9. The molecule has 0 aromatic heterocycles. The van der Waals surface area contributed by atoms with Gasteiger partial charge in [-0.15, -0.1) is 13.2 Å². The second-order valence-corrected chi connectivity index (χ2v) is 8.85. The van der Waals surface area contributed by atoms with E-state index >= 15 is 0 Å². The maximum Gasteiger partial charge on any atom is 0.573 e. The third kappa shape index (κ3) is 7.03. The Balaban J connectivity index is 1.44. The third-order valence-corrected chi connectivity index (χ3v) is 6.29. The van der Waals surface area contributed by atoms with Crippen LogP contribution in [0.2, 0.25) is 0 Å². The minimum absolute atomic E-state index is 0.134. The van der Waals surface area contributed by atoms with E-state index < -0.39 is 18.1 Å². The zero-order chi connectivity index (χ0) is 27.1. The molecule has 3 aromatic carbocycles. The molecule has 10 heteroatoms. The lowest BCUT2D eigenvalue weighted by Gasteiger charge is -2.32. The Labute approximate surface area is 217 Å². The van der Waals surface area contributed by atoms with Gasteiger partial charge in [-0.05, 0) is 60.2 Å². The number of urea groups is 1. The molecule has 4 rings (SSSR count). The van der Waals surface area contributed by atoms with Gasteiger partial charge in [-0.3, -0.25) is 4.79 Å². The molecule has 0 atom stereocenters. The van der Waals surface area contributed by atoms with Crippen LogP contribution in [0.1, 0.15) is 45.8 Å². The van der Waals surface area contributed by atoms with Crippen molar-refractivity contribution < 1.29 is 27.5 Å². The Morgan fingerprint density at radius 1 is 1.00 bits per heavy atom. The molecule has 2 N–H and O–H groups in total. The molecule has 1 heterocycles. The number of alkyl halides is 3. The van der Waals surface area contributed by atoms with Gasteiger partial charge in [-0.25, -0.2) is 4.79 Å². The van der Waals surface area contributed by atoms with Crippen LogP contribution in [-0.2, 0) is 6.54 Å². The quantitative estimate of drug-likeness (QED) is 0.428. The maximum atomic E-state index is 13.2. The minimum atomic E-state index is -4.98. The van der Waals surface area contributed by atoms with Gasteiger partial charge in [0.05, 0.1) is 17.3 Å². The van der Waals surface area contributed by atoms with Crippen LogP contribution in [0.4, 0.5) is 23.7 Å². The second-order valence-electron chi connectivity index (χ2n) is 8.85. The van der Waals surface area contributed by atoms with E-state index in [9.17, 15) is 22.8 Å². The van der Waals surface area contributed by atoms with Crippen molar-refractivity contribution in [2.45, 2.75) is 31.7 Å². The summed E-state index contributed by atoms with van der Waals surface area (Å²) in [4.78, 5) is 27.2. The summed E-state index contributed by atoms with van der Waals surface area (Å²) in [6.45, 7) is 1.09. The Morgan fingerprint density at radius 2 is 1.68 bits per heavy atom. The topological polar surface area (TPSA) is 94.5 Å². The van der Waals surface area contributed by atoms with Crippen molar-refractivity contribution in [3.05, 3.63) is 95.1 Å². The first-order valence-corrected chi connectivity index (χ1v) is 12.0. The van der Waals surface area contributed by atoms with Gasteiger partial charge in [-0.2, -0.15) is 5.26 Å². The molecule has 1 saturated heterocycles. The molecule has 1 aliphatic rings. The number of nitrogens with zero attached hydrogens (tertiary/aromatic N) is 2. The van der Waals surface area contributed by atoms with E-state index in [-0.39, 0.29) is 29.6 Å². The van der Waals surface area contributed by atoms with Crippen LogP contribution >= 0.6 is 0 Å². The second kappa shape index (κ2) is 11.7. The summed E-state index contributed by atoms with van der Waals surface area (Å²) in [5.41, 5.74) is 2.35. The number of rotatable bonds is 6. The number of carbonyl (C=O) groups is 2. The summed E-state index contributed by atoms with van der Waals surface area (Å²) in [6, 6.07) is 21.2. The zero-order valence-corrected chi connectivity index (χ0v) is 20.3. The van der Waals surface area contributed by atoms with E-state index in [4.69, 9.17) is 5.26 Å². The van der Waals surface area contributed by atoms with Crippen molar-refractivity contribution >= 4 is 17.6 Å². The van der Waals surface area contributed by atoms with Crippen LogP contribution in [0.3, 0.4) is 0 Å². The summed E-state index contributed by atoms with van der Waals surface area (Å²) in [6.07, 6.45) is -3.56. The molecule has 0 unspecified atom stereocenters. The number of halogens is 3. The summed E-state index contributed by atoms with van der Waals surface area (Å²) in [7, 11) is 0. The van der Waals surface area contributed by atoms with Crippen LogP contribution in [0.15, 0.2) is 72.8 Å². The molecule has 3 amide bonds. The SMILES string of the molecule is N#Cc1ccc(C2CCN(C(=O)c3ccc(OC(F)(F)F)c(NC(=O)NCc4ccccc4)c3)CC2)cc1. The van der Waals surface area contributed by atoms with Crippen LogP contribution in [-0.4, -0.2) is 36.3 Å². The number of nitrogens with one attached hydrogen (secondary N) is 2. The van der Waals surface area contributed by atoms with E-state index in [0.29, 0.717) is 31.5 Å². The molecular formula is C28H25F3N4O3. The third-order valence-electron chi connectivity index (χ3n) is 6.29. The Hall–Kier alpha value is -4.52. The summed E-state index contributed by atoms with van der Waals surface area (Å²) < 4.78 is 42.9. The molecule has 3 aromatic rings. The van der Waals surface area contributed by atoms with Crippen molar-refractivity contribution in [3.8, 4) is 11.8 Å². The first kappa shape index (κ1) is 26.5. The average Bonchev–Trinajstić information content (AvgIpc) is 2.92. The fourth-order valence-electron chi connectivity index (χ4n) is 4.35. The smallest absolute Gasteiger partial charge is 0.404 e. The molecule has 0 radical (unpaired) electrons. The number of nitriles is 1. The molecule has 1 aliphatic heterocycles. The standard InChI is InChI=1S/C28H25F3N4O3/c29-28(30,31)38-25-11-10-23(16-24(25)34-27(37)33-18-20-4-2-1-3-5-20)26(36)35-14-12-22(13-15-35)21-8-6-19(17-32)7-9-21/h1-11,16,22H,12-15,18H2,(H2,33,34,37). The van der Waals surface area contributed by atoms with E-state index in [0.717, 1.165) is 17.2 Å². The van der Waals surface area contributed by atoms with E-state index in [1.165, 1.54) is 12.1 Å². The number of anilines is 1. The highest BCUT2D eigenvalue weighted by molar-refractivity contribution is 5.98. The monoisotopic (exact) mass is 522 g/mol. The number of hydrogen-bond donors (Lipinski definition) is 2. The predicted octanol–water partition coefficient (Wildman–Crippen LogP) is 5.80. The van der Waals surface area contributed by atoms with Gasteiger partial charge < -0.3 is 20.3 Å². The predicted molar refractivity (Wildman–Crippen MR) is 134 cm³/mol. The fourth-order valence-corrected chi connectivity index (χ4v) is 4.35. The highest BCUT2D eigenvalue weighted by Gasteiger charge is 2.33. The number of hydrogen-bond acceptors (Lipinski definition) is 4. The normalized spacial score (nSPS) is 13.9. The van der Waals surface area contributed by atoms with Crippen LogP contribution < -0.4 is 15.4 Å². The van der Waals surface area contributed by atoms with E-state index in [2.05, 4.69) is 21.4 Å². The lowest BCUT2D eigenvalue weighted by Crippen LogP contribution is -2.38. The van der Waals surface area contributed by atoms with Crippen molar-refractivity contribution in [3.63, 3.8) is 0 Å². The average molecular weight is 523 g/mol. The van der Waals surface area contributed by atoms with Gasteiger partial charge in [0.2, 0.25) is 0 Å². The molecule has 0 bridgehead atoms. The van der Waals surface area contributed by atoms with E-state index in [1.54, 1.807) is 41.3 Å². The van der Waals surface area contributed by atoms with Crippen LogP contribution in [0, 0.1) is 11.3 Å². The van der Waals surface area contributed by atoms with Gasteiger partial charge in [0, 0.05) is 25.2 Å². The Bertz CT molecular complexity index is 1310. The highest BCUT2D eigenvalue weighted by atomic mass is 19.4. The van der Waals surface area contributed by atoms with Gasteiger partial charge in [0.25, 0.3) is 5.91 Å². The number of ether oxygens (including phenoxy) is 1. The molecule has 196 valence electrons. The number of piperidine rings is 1. The summed E-state index contributed by atoms with van der Waals surface area (Å²) in [5.74, 6) is -0.738. The van der Waals surface area contributed by atoms with Crippen LogP contribution in [0.25, 0.3) is 0 Å². The highest BCUT2D eigenvalue weighted by Crippen LogP contribution is 2.33. The maximum absolute atomic E-state index is 13.2. The first-order valence-electron chi connectivity index (χ1n) is 12.0. The summed E-state index contributed by atoms with van der Waals surface area (Å²) >= 11 is 0. The Kier molecular flexibility index (Phi) is 8.16. The Morgan fingerprint density at radius 3 is 2.32 bits per heavy atom. The molecule has 1 fully saturated rings. The lowest BCUT2D eigenvalue weighted by atomic mass is 9.89. The number of benzene rings is 3. The van der Waals surface area contributed by atoms with Gasteiger partial charge in [0.1, 0.15) is 0 Å². The number of likely N-dealkylation sites (tertiary alicyclic amines) is 1. The molecule has 7 nitrogen and oxygen atoms in total.